The number of fused-ring (bicyclic) bond motifs is 1. The molecular weight excluding hydrogens is 300 g/mol. The van der Waals surface area contributed by atoms with E-state index in [4.69, 9.17) is 5.26 Å². The van der Waals surface area contributed by atoms with Crippen LogP contribution in [0.25, 0.3) is 5.69 Å². The van der Waals surface area contributed by atoms with Crippen molar-refractivity contribution in [1.82, 2.24) is 14.7 Å². The van der Waals surface area contributed by atoms with Gasteiger partial charge in [-0.1, -0.05) is 18.2 Å². The zero-order chi connectivity index (χ0) is 16.5. The van der Waals surface area contributed by atoms with Gasteiger partial charge in [0, 0.05) is 30.3 Å². The molecule has 1 amide bonds. The second kappa shape index (κ2) is 6.12. The van der Waals surface area contributed by atoms with Crippen LogP contribution in [0.3, 0.4) is 0 Å². The molecule has 0 unspecified atom stereocenters. The SMILES string of the molecule is N#CC1CCN(C(=O)c2nn(-c3ccccc3)c3c2CCC3)CC1. The van der Waals surface area contributed by atoms with Crippen molar-refractivity contribution >= 4 is 5.91 Å². The van der Waals surface area contributed by atoms with E-state index in [2.05, 4.69) is 11.2 Å². The minimum atomic E-state index is 0.0271. The highest BCUT2D eigenvalue weighted by Gasteiger charge is 2.31. The first kappa shape index (κ1) is 14.9. The Hall–Kier alpha value is -2.61. The van der Waals surface area contributed by atoms with Gasteiger partial charge in [-0.05, 0) is 44.2 Å². The highest BCUT2D eigenvalue weighted by Crippen LogP contribution is 2.29. The number of aromatic nitrogens is 2. The Kier molecular flexibility index (Phi) is 3.81. The number of nitrogens with zero attached hydrogens (tertiary/aromatic N) is 4. The number of nitriles is 1. The Balaban J connectivity index is 1.65. The van der Waals surface area contributed by atoms with Crippen molar-refractivity contribution in [3.8, 4) is 11.8 Å². The summed E-state index contributed by atoms with van der Waals surface area (Å²) in [5, 5.41) is 13.7. The fraction of sp³-hybridized carbons (Fsp3) is 0.421. The molecule has 0 bridgehead atoms. The van der Waals surface area contributed by atoms with E-state index in [1.807, 2.05) is 39.9 Å². The Morgan fingerprint density at radius 1 is 1.17 bits per heavy atom. The van der Waals surface area contributed by atoms with E-state index in [0.29, 0.717) is 18.8 Å². The number of carbonyl (C=O) groups is 1. The summed E-state index contributed by atoms with van der Waals surface area (Å²) in [5.41, 5.74) is 3.92. The molecule has 2 aromatic rings. The van der Waals surface area contributed by atoms with E-state index in [9.17, 15) is 4.79 Å². The first-order valence-electron chi connectivity index (χ1n) is 8.63. The highest BCUT2D eigenvalue weighted by atomic mass is 16.2. The van der Waals surface area contributed by atoms with Gasteiger partial charge >= 0.3 is 0 Å². The Bertz CT molecular complexity index is 795. The molecule has 1 aromatic carbocycles. The summed E-state index contributed by atoms with van der Waals surface area (Å²) in [5.74, 6) is 0.112. The second-order valence-electron chi connectivity index (χ2n) is 6.57. The third-order valence-electron chi connectivity index (χ3n) is 5.10. The molecule has 1 aliphatic carbocycles. The van der Waals surface area contributed by atoms with Crippen molar-refractivity contribution < 1.29 is 4.79 Å². The minimum Gasteiger partial charge on any atom is -0.337 e. The molecule has 5 nitrogen and oxygen atoms in total. The van der Waals surface area contributed by atoms with Gasteiger partial charge in [-0.2, -0.15) is 10.4 Å². The lowest BCUT2D eigenvalue weighted by molar-refractivity contribution is 0.0699. The molecule has 2 heterocycles. The molecule has 1 aliphatic heterocycles. The fourth-order valence-electron chi connectivity index (χ4n) is 3.75. The molecule has 0 saturated carbocycles. The zero-order valence-electron chi connectivity index (χ0n) is 13.6. The minimum absolute atomic E-state index is 0.0271. The molecule has 0 spiro atoms. The maximum absolute atomic E-state index is 13.0. The average Bonchev–Trinajstić information content (AvgIpc) is 3.24. The van der Waals surface area contributed by atoms with Gasteiger partial charge in [0.2, 0.25) is 0 Å². The van der Waals surface area contributed by atoms with Gasteiger partial charge in [-0.25, -0.2) is 4.68 Å². The number of hydrogen-bond donors (Lipinski definition) is 0. The normalized spacial score (nSPS) is 17.5. The number of hydrogen-bond acceptors (Lipinski definition) is 3. The van der Waals surface area contributed by atoms with Gasteiger partial charge in [-0.15, -0.1) is 0 Å². The summed E-state index contributed by atoms with van der Waals surface area (Å²) in [4.78, 5) is 14.8. The Morgan fingerprint density at radius 3 is 2.62 bits per heavy atom. The lowest BCUT2D eigenvalue weighted by Crippen LogP contribution is -2.38. The smallest absolute Gasteiger partial charge is 0.274 e. The molecule has 2 aliphatic rings. The number of amides is 1. The van der Waals surface area contributed by atoms with Crippen molar-refractivity contribution in [3.63, 3.8) is 0 Å². The summed E-state index contributed by atoms with van der Waals surface area (Å²) in [6, 6.07) is 12.3. The number of carbonyl (C=O) groups excluding carboxylic acids is 1. The largest absolute Gasteiger partial charge is 0.337 e. The molecule has 1 aromatic heterocycles. The van der Waals surface area contributed by atoms with E-state index in [-0.39, 0.29) is 11.8 Å². The third-order valence-corrected chi connectivity index (χ3v) is 5.10. The molecule has 1 fully saturated rings. The van der Waals surface area contributed by atoms with Crippen molar-refractivity contribution in [2.24, 2.45) is 5.92 Å². The molecule has 122 valence electrons. The van der Waals surface area contributed by atoms with E-state index >= 15 is 0 Å². The molecule has 1 saturated heterocycles. The lowest BCUT2D eigenvalue weighted by Gasteiger charge is -2.28. The van der Waals surface area contributed by atoms with Crippen molar-refractivity contribution in [2.75, 3.05) is 13.1 Å². The van der Waals surface area contributed by atoms with Crippen molar-refractivity contribution in [3.05, 3.63) is 47.3 Å². The first-order valence-corrected chi connectivity index (χ1v) is 8.63. The van der Waals surface area contributed by atoms with Gasteiger partial charge in [0.1, 0.15) is 0 Å². The van der Waals surface area contributed by atoms with Crippen LogP contribution in [0.4, 0.5) is 0 Å². The van der Waals surface area contributed by atoms with Crippen LogP contribution in [0.15, 0.2) is 30.3 Å². The quantitative estimate of drug-likeness (QED) is 0.855. The number of piperidine rings is 1. The zero-order valence-corrected chi connectivity index (χ0v) is 13.6. The van der Waals surface area contributed by atoms with Gasteiger partial charge in [-0.3, -0.25) is 4.79 Å². The molecule has 5 heteroatoms. The monoisotopic (exact) mass is 320 g/mol. The third kappa shape index (κ3) is 2.48. The summed E-state index contributed by atoms with van der Waals surface area (Å²) in [6.07, 6.45) is 4.52. The van der Waals surface area contributed by atoms with E-state index in [1.165, 1.54) is 5.69 Å². The van der Waals surface area contributed by atoms with E-state index in [1.54, 1.807) is 0 Å². The average molecular weight is 320 g/mol. The van der Waals surface area contributed by atoms with Gasteiger partial charge in [0.25, 0.3) is 5.91 Å². The summed E-state index contributed by atoms with van der Waals surface area (Å²) in [6.45, 7) is 1.31. The molecule has 0 atom stereocenters. The van der Waals surface area contributed by atoms with Gasteiger partial charge in [0.05, 0.1) is 11.8 Å². The number of likely N-dealkylation sites (tertiary alicyclic amines) is 1. The summed E-state index contributed by atoms with van der Waals surface area (Å²) in [7, 11) is 0. The van der Waals surface area contributed by atoms with Crippen LogP contribution in [-0.4, -0.2) is 33.7 Å². The number of para-hydroxylation sites is 1. The van der Waals surface area contributed by atoms with Crippen molar-refractivity contribution in [1.29, 1.82) is 5.26 Å². The summed E-state index contributed by atoms with van der Waals surface area (Å²) >= 11 is 0. The van der Waals surface area contributed by atoms with Crippen LogP contribution in [0.2, 0.25) is 0 Å². The lowest BCUT2D eigenvalue weighted by atomic mass is 9.98. The standard InChI is InChI=1S/C19H20N4O/c20-13-14-9-11-22(12-10-14)19(24)18-16-7-4-8-17(16)23(21-18)15-5-2-1-3-6-15/h1-3,5-6,14H,4,7-12H2. The van der Waals surface area contributed by atoms with Crippen LogP contribution in [0, 0.1) is 17.2 Å². The number of rotatable bonds is 2. The van der Waals surface area contributed by atoms with Crippen molar-refractivity contribution in [2.45, 2.75) is 32.1 Å². The predicted octanol–water partition coefficient (Wildman–Crippen LogP) is 2.74. The summed E-state index contributed by atoms with van der Waals surface area (Å²) < 4.78 is 1.94. The fourth-order valence-corrected chi connectivity index (χ4v) is 3.75. The molecular formula is C19H20N4O. The maximum Gasteiger partial charge on any atom is 0.274 e. The predicted molar refractivity (Wildman–Crippen MR) is 89.8 cm³/mol. The Morgan fingerprint density at radius 2 is 1.92 bits per heavy atom. The van der Waals surface area contributed by atoms with E-state index in [0.717, 1.165) is 43.4 Å². The van der Waals surface area contributed by atoms with Gasteiger partial charge < -0.3 is 4.90 Å². The van der Waals surface area contributed by atoms with Gasteiger partial charge in [0.15, 0.2) is 5.69 Å². The highest BCUT2D eigenvalue weighted by molar-refractivity contribution is 5.94. The second-order valence-corrected chi connectivity index (χ2v) is 6.57. The van der Waals surface area contributed by atoms with Crippen LogP contribution < -0.4 is 0 Å². The Labute approximate surface area is 141 Å². The van der Waals surface area contributed by atoms with Crippen LogP contribution in [-0.2, 0) is 12.8 Å². The molecule has 0 N–H and O–H groups in total. The molecule has 24 heavy (non-hydrogen) atoms. The maximum atomic E-state index is 13.0. The molecule has 0 radical (unpaired) electrons. The van der Waals surface area contributed by atoms with Crippen LogP contribution in [0.5, 0.6) is 0 Å². The molecule has 4 rings (SSSR count). The topological polar surface area (TPSA) is 61.9 Å². The van der Waals surface area contributed by atoms with E-state index < -0.39 is 0 Å². The first-order chi connectivity index (χ1) is 11.8. The van der Waals surface area contributed by atoms with Crippen LogP contribution in [0.1, 0.15) is 41.0 Å². The van der Waals surface area contributed by atoms with Crippen LogP contribution >= 0.6 is 0 Å². The number of benzene rings is 1.